The van der Waals surface area contributed by atoms with Crippen molar-refractivity contribution < 1.29 is 9.47 Å². The third-order valence-corrected chi connectivity index (χ3v) is 14.5. The van der Waals surface area contributed by atoms with E-state index < -0.39 is 0 Å². The van der Waals surface area contributed by atoms with Gasteiger partial charge < -0.3 is 9.47 Å². The largest absolute Gasteiger partial charge is 0.350 e. The Labute approximate surface area is 184 Å². The highest BCUT2D eigenvalue weighted by atomic mass is 32.3. The van der Waals surface area contributed by atoms with Crippen LogP contribution in [0.5, 0.6) is 0 Å². The van der Waals surface area contributed by atoms with Crippen molar-refractivity contribution in [1.29, 1.82) is 0 Å². The van der Waals surface area contributed by atoms with E-state index in [4.69, 9.17) is 9.47 Å². The third-order valence-electron chi connectivity index (χ3n) is 3.31. The molecule has 10 heteroatoms. The Kier molecular flexibility index (Phi) is 9.70. The van der Waals surface area contributed by atoms with Crippen molar-refractivity contribution in [3.63, 3.8) is 0 Å². The number of hydrogen-bond acceptors (Lipinski definition) is 10. The smallest absolute Gasteiger partial charge is 0.157 e. The fourth-order valence-electron chi connectivity index (χ4n) is 2.16. The van der Waals surface area contributed by atoms with Gasteiger partial charge in [0, 0.05) is 0 Å². The van der Waals surface area contributed by atoms with Gasteiger partial charge >= 0.3 is 0 Å². The first-order valence-corrected chi connectivity index (χ1v) is 15.6. The van der Waals surface area contributed by atoms with E-state index in [1.807, 2.05) is 94.1 Å². The van der Waals surface area contributed by atoms with Gasteiger partial charge in [-0.15, -0.1) is 47.0 Å². The monoisotopic (exact) mass is 488 g/mol. The van der Waals surface area contributed by atoms with Crippen molar-refractivity contribution in [3.05, 3.63) is 25.4 Å². The summed E-state index contributed by atoms with van der Waals surface area (Å²) < 4.78 is 19.8. The normalized spacial score (nSPS) is 22.2. The van der Waals surface area contributed by atoms with Gasteiger partial charge in [-0.1, -0.05) is 47.0 Å². The van der Waals surface area contributed by atoms with Gasteiger partial charge in [0.1, 0.15) is 0 Å². The summed E-state index contributed by atoms with van der Waals surface area (Å²) in [7, 11) is 0. The topological polar surface area (TPSA) is 18.5 Å². The van der Waals surface area contributed by atoms with Gasteiger partial charge in [0.05, 0.1) is 38.6 Å². The van der Waals surface area contributed by atoms with E-state index in [0.717, 1.165) is 31.8 Å². The molecule has 140 valence electrons. The molecule has 0 aliphatic carbocycles. The average Bonchev–Trinajstić information content (AvgIpc) is 3.36. The van der Waals surface area contributed by atoms with Gasteiger partial charge in [-0.3, -0.25) is 0 Å². The molecule has 0 saturated carbocycles. The maximum atomic E-state index is 5.51. The summed E-state index contributed by atoms with van der Waals surface area (Å²) in [5.74, 6) is 1.13. The highest BCUT2D eigenvalue weighted by Gasteiger charge is 2.29. The molecule has 3 aliphatic rings. The summed E-state index contributed by atoms with van der Waals surface area (Å²) >= 11 is 15.4. The molecule has 3 aliphatic heterocycles. The SMILES string of the molecule is CSC1=C(SC)SC(=C2SC(SC)=C(SCCCC3OCCO3)S2)S1. The minimum Gasteiger partial charge on any atom is -0.350 e. The molecule has 2 nitrogen and oxygen atoms in total. The minimum absolute atomic E-state index is 0.0326. The van der Waals surface area contributed by atoms with Crippen LogP contribution in [-0.4, -0.2) is 44.0 Å². The Balaban J connectivity index is 1.52. The highest BCUT2D eigenvalue weighted by molar-refractivity contribution is 8.44. The third kappa shape index (κ3) is 5.96. The van der Waals surface area contributed by atoms with Crippen LogP contribution in [-0.2, 0) is 9.47 Å². The van der Waals surface area contributed by atoms with E-state index >= 15 is 0 Å². The lowest BCUT2D eigenvalue weighted by Gasteiger charge is -2.08. The van der Waals surface area contributed by atoms with Crippen LogP contribution in [0.4, 0.5) is 0 Å². The molecule has 0 aromatic heterocycles. The number of thioether (sulfide) groups is 8. The van der Waals surface area contributed by atoms with Crippen molar-refractivity contribution in [2.75, 3.05) is 37.7 Å². The maximum Gasteiger partial charge on any atom is 0.157 e. The lowest BCUT2D eigenvalue weighted by atomic mass is 10.3. The molecule has 1 fully saturated rings. The highest BCUT2D eigenvalue weighted by Crippen LogP contribution is 2.65. The fourth-order valence-corrected chi connectivity index (χ4v) is 12.9. The van der Waals surface area contributed by atoms with Crippen LogP contribution in [0.3, 0.4) is 0 Å². The molecule has 0 aromatic rings. The first-order valence-electron chi connectivity index (χ1n) is 7.67. The van der Waals surface area contributed by atoms with Crippen LogP contribution in [0, 0.1) is 0 Å². The Morgan fingerprint density at radius 1 is 0.800 bits per heavy atom. The predicted octanol–water partition coefficient (Wildman–Crippen LogP) is 7.30. The summed E-state index contributed by atoms with van der Waals surface area (Å²) in [6.45, 7) is 1.50. The zero-order valence-corrected chi connectivity index (χ0v) is 20.7. The molecule has 0 unspecified atom stereocenters. The maximum absolute atomic E-state index is 5.51. The Morgan fingerprint density at radius 3 is 1.80 bits per heavy atom. The molecule has 0 N–H and O–H groups in total. The first-order chi connectivity index (χ1) is 12.2. The number of hydrogen-bond donors (Lipinski definition) is 0. The van der Waals surface area contributed by atoms with Crippen molar-refractivity contribution >= 4 is 94.1 Å². The van der Waals surface area contributed by atoms with Crippen molar-refractivity contribution in [1.82, 2.24) is 0 Å². The van der Waals surface area contributed by atoms with E-state index in [2.05, 4.69) is 18.8 Å². The van der Waals surface area contributed by atoms with E-state index in [1.165, 1.54) is 25.4 Å². The molecule has 25 heavy (non-hydrogen) atoms. The summed E-state index contributed by atoms with van der Waals surface area (Å²) in [5, 5.41) is 0. The quantitative estimate of drug-likeness (QED) is 0.322. The van der Waals surface area contributed by atoms with E-state index in [1.54, 1.807) is 0 Å². The van der Waals surface area contributed by atoms with Crippen LogP contribution in [0.15, 0.2) is 25.4 Å². The van der Waals surface area contributed by atoms with E-state index in [9.17, 15) is 0 Å². The Morgan fingerprint density at radius 2 is 1.28 bits per heavy atom. The zero-order valence-electron chi connectivity index (χ0n) is 14.2. The molecule has 3 heterocycles. The molecule has 3 rings (SSSR count). The summed E-state index contributed by atoms with van der Waals surface area (Å²) in [4.78, 5) is 0. The Hall–Kier alpha value is 1.94. The second-order valence-corrected chi connectivity index (χ2v) is 14.1. The molecule has 0 radical (unpaired) electrons. The molecule has 0 bridgehead atoms. The summed E-state index contributed by atoms with van der Waals surface area (Å²) in [5.41, 5.74) is 0. The molecule has 0 atom stereocenters. The average molecular weight is 489 g/mol. The van der Waals surface area contributed by atoms with Crippen LogP contribution in [0.1, 0.15) is 12.8 Å². The van der Waals surface area contributed by atoms with Gasteiger partial charge in [-0.2, -0.15) is 0 Å². The molecular formula is C15H20O2S8. The standard InChI is InChI=1S/C15H20O2S8/c1-18-10-11(19-2)23-14(22-10)15-24-12(20-3)13(25-15)21-8-4-5-9-16-6-7-17-9/h9H,4-8H2,1-3H3. The van der Waals surface area contributed by atoms with Crippen molar-refractivity contribution in [2.45, 2.75) is 19.1 Å². The number of ether oxygens (including phenoxy) is 2. The van der Waals surface area contributed by atoms with Crippen LogP contribution < -0.4 is 0 Å². The predicted molar refractivity (Wildman–Crippen MR) is 129 cm³/mol. The van der Waals surface area contributed by atoms with Crippen LogP contribution >= 0.6 is 94.1 Å². The fraction of sp³-hybridized carbons (Fsp3) is 0.600. The van der Waals surface area contributed by atoms with Crippen molar-refractivity contribution in [2.24, 2.45) is 0 Å². The van der Waals surface area contributed by atoms with Gasteiger partial charge in [0.25, 0.3) is 0 Å². The van der Waals surface area contributed by atoms with Gasteiger partial charge in [-0.25, -0.2) is 0 Å². The molecule has 0 aromatic carbocycles. The molecule has 1 saturated heterocycles. The van der Waals surface area contributed by atoms with Crippen LogP contribution in [0.25, 0.3) is 0 Å². The first kappa shape index (κ1) is 21.6. The molecule has 0 spiro atoms. The second-order valence-electron chi connectivity index (χ2n) is 4.91. The Bertz CT molecular complexity index is 562. The van der Waals surface area contributed by atoms with Crippen molar-refractivity contribution in [3.8, 4) is 0 Å². The van der Waals surface area contributed by atoms with Crippen LogP contribution in [0.2, 0.25) is 0 Å². The summed E-state index contributed by atoms with van der Waals surface area (Å²) in [6.07, 6.45) is 8.70. The van der Waals surface area contributed by atoms with Gasteiger partial charge in [0.2, 0.25) is 0 Å². The lowest BCUT2D eigenvalue weighted by Crippen LogP contribution is -2.07. The summed E-state index contributed by atoms with van der Waals surface area (Å²) in [6, 6.07) is 0. The zero-order chi connectivity index (χ0) is 17.6. The van der Waals surface area contributed by atoms with E-state index in [0.29, 0.717) is 0 Å². The lowest BCUT2D eigenvalue weighted by molar-refractivity contribution is -0.0466. The molecule has 0 amide bonds. The van der Waals surface area contributed by atoms with E-state index in [-0.39, 0.29) is 6.29 Å². The van der Waals surface area contributed by atoms with Gasteiger partial charge in [0.15, 0.2) is 6.29 Å². The van der Waals surface area contributed by atoms with Gasteiger partial charge in [-0.05, 0) is 37.4 Å². The number of rotatable bonds is 8. The molecular weight excluding hydrogens is 469 g/mol. The minimum atomic E-state index is 0.0326. The second kappa shape index (κ2) is 11.2.